The Bertz CT molecular complexity index is 1160. The minimum Gasteiger partial charge on any atom is -0.472 e. The molecule has 0 fully saturated rings. The van der Waals surface area contributed by atoms with Crippen LogP contribution < -0.4 is 10.1 Å². The first kappa shape index (κ1) is 27.0. The van der Waals surface area contributed by atoms with Gasteiger partial charge in [0.1, 0.15) is 17.5 Å². The molecule has 2 heterocycles. The number of aliphatic hydroxyl groups is 1. The molecule has 1 aliphatic heterocycles. The SMILES string of the molecule is CC(C)NC(=O)N(C)C[C@@H]1Oc2ncc(C#Cc3ccccc3F)cc2C(=O)N([C@@H](C)CO)C[C@H]1C. The Morgan fingerprint density at radius 2 is 2.06 bits per heavy atom. The lowest BCUT2D eigenvalue weighted by Crippen LogP contribution is -2.51. The molecule has 3 rings (SSSR count). The summed E-state index contributed by atoms with van der Waals surface area (Å²) in [4.78, 5) is 33.4. The molecule has 2 aromatic rings. The van der Waals surface area contributed by atoms with E-state index in [0.29, 0.717) is 12.1 Å². The van der Waals surface area contributed by atoms with Gasteiger partial charge in [-0.25, -0.2) is 14.2 Å². The van der Waals surface area contributed by atoms with Crippen molar-refractivity contribution in [2.24, 2.45) is 5.92 Å². The van der Waals surface area contributed by atoms with Gasteiger partial charge in [-0.15, -0.1) is 0 Å². The predicted octanol–water partition coefficient (Wildman–Crippen LogP) is 2.89. The summed E-state index contributed by atoms with van der Waals surface area (Å²) in [5.41, 5.74) is 0.852. The quantitative estimate of drug-likeness (QED) is 0.621. The van der Waals surface area contributed by atoms with E-state index in [1.54, 1.807) is 48.0 Å². The molecule has 192 valence electrons. The number of carbonyl (C=O) groups excluding carboxylic acids is 2. The highest BCUT2D eigenvalue weighted by atomic mass is 19.1. The Morgan fingerprint density at radius 1 is 1.33 bits per heavy atom. The number of aliphatic hydroxyl groups excluding tert-OH is 1. The van der Waals surface area contributed by atoms with E-state index in [9.17, 15) is 19.1 Å². The molecular formula is C27H33FN4O4. The van der Waals surface area contributed by atoms with Gasteiger partial charge in [-0.2, -0.15) is 0 Å². The number of hydrogen-bond acceptors (Lipinski definition) is 5. The average Bonchev–Trinajstić information content (AvgIpc) is 2.84. The zero-order valence-corrected chi connectivity index (χ0v) is 21.3. The van der Waals surface area contributed by atoms with Crippen molar-refractivity contribution in [2.45, 2.75) is 45.9 Å². The largest absolute Gasteiger partial charge is 0.472 e. The summed E-state index contributed by atoms with van der Waals surface area (Å²) >= 11 is 0. The van der Waals surface area contributed by atoms with E-state index in [1.807, 2.05) is 20.8 Å². The third-order valence-corrected chi connectivity index (χ3v) is 5.95. The first-order valence-corrected chi connectivity index (χ1v) is 12.0. The maximum atomic E-state index is 14.0. The molecule has 3 atom stereocenters. The van der Waals surface area contributed by atoms with Crippen molar-refractivity contribution < 1.29 is 23.8 Å². The molecule has 0 bridgehead atoms. The lowest BCUT2D eigenvalue weighted by Gasteiger charge is -2.37. The van der Waals surface area contributed by atoms with Crippen LogP contribution in [0.15, 0.2) is 36.5 Å². The summed E-state index contributed by atoms with van der Waals surface area (Å²) in [6.07, 6.45) is 1.01. The summed E-state index contributed by atoms with van der Waals surface area (Å²) < 4.78 is 20.2. The van der Waals surface area contributed by atoms with Gasteiger partial charge in [0.15, 0.2) is 0 Å². The number of aromatic nitrogens is 1. The number of halogens is 1. The zero-order chi connectivity index (χ0) is 26.4. The molecular weight excluding hydrogens is 463 g/mol. The second-order valence-electron chi connectivity index (χ2n) is 9.41. The van der Waals surface area contributed by atoms with E-state index in [2.05, 4.69) is 22.1 Å². The van der Waals surface area contributed by atoms with Crippen LogP contribution in [0.25, 0.3) is 0 Å². The number of rotatable bonds is 5. The van der Waals surface area contributed by atoms with Crippen molar-refractivity contribution in [2.75, 3.05) is 26.7 Å². The predicted molar refractivity (Wildman–Crippen MR) is 134 cm³/mol. The molecule has 0 spiro atoms. The molecule has 9 heteroatoms. The Morgan fingerprint density at radius 3 is 2.72 bits per heavy atom. The molecule has 0 aliphatic carbocycles. The fourth-order valence-electron chi connectivity index (χ4n) is 3.80. The van der Waals surface area contributed by atoms with Crippen LogP contribution in [0.2, 0.25) is 0 Å². The number of amides is 3. The number of nitrogens with zero attached hydrogens (tertiary/aromatic N) is 3. The fraction of sp³-hybridized carbons (Fsp3) is 0.444. The molecule has 0 saturated heterocycles. The van der Waals surface area contributed by atoms with Crippen molar-refractivity contribution in [1.29, 1.82) is 0 Å². The summed E-state index contributed by atoms with van der Waals surface area (Å²) in [5.74, 6) is 4.82. The van der Waals surface area contributed by atoms with Gasteiger partial charge in [-0.05, 0) is 39.0 Å². The topological polar surface area (TPSA) is 95.0 Å². The van der Waals surface area contributed by atoms with Crippen molar-refractivity contribution in [3.05, 3.63) is 59.0 Å². The van der Waals surface area contributed by atoms with E-state index >= 15 is 0 Å². The summed E-state index contributed by atoms with van der Waals surface area (Å²) in [5, 5.41) is 12.7. The first-order chi connectivity index (χ1) is 17.1. The molecule has 0 saturated carbocycles. The van der Waals surface area contributed by atoms with Crippen LogP contribution in [-0.2, 0) is 0 Å². The van der Waals surface area contributed by atoms with Crippen LogP contribution in [-0.4, -0.2) is 76.8 Å². The maximum Gasteiger partial charge on any atom is 0.317 e. The van der Waals surface area contributed by atoms with E-state index in [-0.39, 0.29) is 54.1 Å². The summed E-state index contributed by atoms with van der Waals surface area (Å²) in [6, 6.07) is 7.05. The molecule has 36 heavy (non-hydrogen) atoms. The van der Waals surface area contributed by atoms with E-state index in [4.69, 9.17) is 4.74 Å². The normalized spacial score (nSPS) is 18.2. The first-order valence-electron chi connectivity index (χ1n) is 12.0. The van der Waals surface area contributed by atoms with Crippen LogP contribution in [0.3, 0.4) is 0 Å². The van der Waals surface area contributed by atoms with Crippen LogP contribution >= 0.6 is 0 Å². The maximum absolute atomic E-state index is 14.0. The molecule has 1 aromatic heterocycles. The average molecular weight is 497 g/mol. The molecule has 0 radical (unpaired) electrons. The van der Waals surface area contributed by atoms with Gasteiger partial charge in [0, 0.05) is 37.3 Å². The number of fused-ring (bicyclic) bond motifs is 1. The number of benzene rings is 1. The van der Waals surface area contributed by atoms with E-state index in [1.165, 1.54) is 12.3 Å². The number of nitrogens with one attached hydrogen (secondary N) is 1. The molecule has 2 N–H and O–H groups in total. The summed E-state index contributed by atoms with van der Waals surface area (Å²) in [7, 11) is 1.68. The Labute approximate surface area is 211 Å². The van der Waals surface area contributed by atoms with Gasteiger partial charge in [-0.3, -0.25) is 4.79 Å². The number of urea groups is 1. The van der Waals surface area contributed by atoms with Gasteiger partial charge in [0.05, 0.1) is 24.8 Å². The molecule has 3 amide bonds. The number of likely N-dealkylation sites (N-methyl/N-ethyl adjacent to an activating group) is 1. The lowest BCUT2D eigenvalue weighted by atomic mass is 10.00. The van der Waals surface area contributed by atoms with Gasteiger partial charge < -0.3 is 25.0 Å². The fourth-order valence-corrected chi connectivity index (χ4v) is 3.80. The van der Waals surface area contributed by atoms with E-state index < -0.39 is 18.0 Å². The summed E-state index contributed by atoms with van der Waals surface area (Å²) in [6.45, 7) is 7.83. The van der Waals surface area contributed by atoms with Crippen LogP contribution in [0.1, 0.15) is 49.2 Å². The van der Waals surface area contributed by atoms with Gasteiger partial charge in [0.2, 0.25) is 5.88 Å². The van der Waals surface area contributed by atoms with Crippen LogP contribution in [0.4, 0.5) is 9.18 Å². The highest BCUT2D eigenvalue weighted by Gasteiger charge is 2.34. The van der Waals surface area contributed by atoms with E-state index in [0.717, 1.165) is 0 Å². The number of pyridine rings is 1. The van der Waals surface area contributed by atoms with Crippen molar-refractivity contribution in [3.63, 3.8) is 0 Å². The third kappa shape index (κ3) is 6.52. The Kier molecular flexibility index (Phi) is 8.88. The van der Waals surface area contributed by atoms with Gasteiger partial charge in [-0.1, -0.05) is 30.9 Å². The third-order valence-electron chi connectivity index (χ3n) is 5.95. The zero-order valence-electron chi connectivity index (χ0n) is 21.3. The van der Waals surface area contributed by atoms with Crippen molar-refractivity contribution in [1.82, 2.24) is 20.1 Å². The second kappa shape index (κ2) is 11.9. The smallest absolute Gasteiger partial charge is 0.317 e. The van der Waals surface area contributed by atoms with Crippen molar-refractivity contribution >= 4 is 11.9 Å². The molecule has 0 unspecified atom stereocenters. The molecule has 8 nitrogen and oxygen atoms in total. The number of ether oxygens (including phenoxy) is 1. The second-order valence-corrected chi connectivity index (χ2v) is 9.41. The molecule has 1 aromatic carbocycles. The number of hydrogen-bond donors (Lipinski definition) is 2. The minimum atomic E-state index is -0.462. The monoisotopic (exact) mass is 496 g/mol. The Balaban J connectivity index is 1.97. The standard InChI is InChI=1S/C27H33FN4O4/c1-17(2)30-27(35)31(5)15-24-18(3)14-32(19(4)16-33)26(34)22-12-20(13-29-25(22)36-24)10-11-21-8-6-7-9-23(21)28/h6-9,12-13,17-19,24,33H,14-16H2,1-5H3,(H,30,35)/t18-,19+,24+/m1/s1. The van der Waals surface area contributed by atoms with Crippen LogP contribution in [0.5, 0.6) is 5.88 Å². The highest BCUT2D eigenvalue weighted by Crippen LogP contribution is 2.27. The highest BCUT2D eigenvalue weighted by molar-refractivity contribution is 5.97. The lowest BCUT2D eigenvalue weighted by molar-refractivity contribution is 0.0351. The Hall–Kier alpha value is -3.64. The van der Waals surface area contributed by atoms with Crippen molar-refractivity contribution in [3.8, 4) is 17.7 Å². The van der Waals surface area contributed by atoms with Crippen LogP contribution in [0, 0.1) is 23.6 Å². The van der Waals surface area contributed by atoms with Gasteiger partial charge in [0.25, 0.3) is 5.91 Å². The molecule has 1 aliphatic rings. The number of carbonyl (C=O) groups is 2. The van der Waals surface area contributed by atoms with Gasteiger partial charge >= 0.3 is 6.03 Å². The minimum absolute atomic E-state index is 0.0135.